The maximum Gasteiger partial charge on any atom is 0.129 e. The summed E-state index contributed by atoms with van der Waals surface area (Å²) in [4.78, 5) is 6.72. The molecular formula is C12H15ClN2. The highest BCUT2D eigenvalue weighted by molar-refractivity contribution is 6.29. The molecule has 2 aliphatic heterocycles. The molecule has 80 valence electrons. The molecule has 1 aromatic heterocycles. The number of nitrogens with zero attached hydrogens (tertiary/aromatic N) is 2. The van der Waals surface area contributed by atoms with Gasteiger partial charge in [-0.15, -0.1) is 0 Å². The number of rotatable bonds is 1. The van der Waals surface area contributed by atoms with E-state index < -0.39 is 0 Å². The first-order valence-electron chi connectivity index (χ1n) is 5.59. The Morgan fingerprint density at radius 1 is 1.40 bits per heavy atom. The van der Waals surface area contributed by atoms with E-state index in [-0.39, 0.29) is 0 Å². The van der Waals surface area contributed by atoms with Gasteiger partial charge in [0.15, 0.2) is 0 Å². The second-order valence-corrected chi connectivity index (χ2v) is 5.11. The highest BCUT2D eigenvalue weighted by Crippen LogP contribution is 2.45. The third kappa shape index (κ3) is 1.47. The van der Waals surface area contributed by atoms with Gasteiger partial charge >= 0.3 is 0 Å². The van der Waals surface area contributed by atoms with Crippen LogP contribution >= 0.6 is 11.6 Å². The predicted molar refractivity (Wildman–Crippen MR) is 61.2 cm³/mol. The molecule has 0 spiro atoms. The topological polar surface area (TPSA) is 16.1 Å². The molecule has 0 radical (unpaired) electrons. The minimum atomic E-state index is 0.593. The minimum Gasteiger partial charge on any atom is -0.300 e. The number of hydrogen-bond donors (Lipinski definition) is 0. The van der Waals surface area contributed by atoms with Gasteiger partial charge in [-0.05, 0) is 37.9 Å². The first-order valence-corrected chi connectivity index (χ1v) is 5.97. The van der Waals surface area contributed by atoms with Crippen LogP contribution in [0.2, 0.25) is 5.15 Å². The van der Waals surface area contributed by atoms with E-state index in [2.05, 4.69) is 23.0 Å². The third-order valence-electron chi connectivity index (χ3n) is 4.06. The van der Waals surface area contributed by atoms with E-state index in [1.54, 1.807) is 0 Å². The second kappa shape index (κ2) is 3.46. The Hall–Kier alpha value is -0.600. The van der Waals surface area contributed by atoms with Crippen LogP contribution in [0.4, 0.5) is 0 Å². The molecular weight excluding hydrogens is 208 g/mol. The maximum absolute atomic E-state index is 5.80. The standard InChI is InChI=1S/C12H15ClN2/c1-15-9-3-4-11(15)10(6-9)8-2-5-12(13)14-7-8/h2,5,7,9-11H,3-4,6H2,1H3/t9?,10-,11+/m0/s1. The van der Waals surface area contributed by atoms with E-state index in [9.17, 15) is 0 Å². The van der Waals surface area contributed by atoms with Crippen molar-refractivity contribution >= 4 is 11.6 Å². The fraction of sp³-hybridized carbons (Fsp3) is 0.583. The molecule has 2 nitrogen and oxygen atoms in total. The van der Waals surface area contributed by atoms with Crippen LogP contribution in [0.1, 0.15) is 30.7 Å². The predicted octanol–water partition coefficient (Wildman–Crippen LogP) is 2.69. The second-order valence-electron chi connectivity index (χ2n) is 4.72. The van der Waals surface area contributed by atoms with Gasteiger partial charge in [0.05, 0.1) is 0 Å². The summed E-state index contributed by atoms with van der Waals surface area (Å²) in [7, 11) is 2.26. The zero-order valence-corrected chi connectivity index (χ0v) is 9.61. The molecule has 1 unspecified atom stereocenters. The Morgan fingerprint density at radius 2 is 2.27 bits per heavy atom. The number of fused-ring (bicyclic) bond motifs is 2. The van der Waals surface area contributed by atoms with E-state index >= 15 is 0 Å². The van der Waals surface area contributed by atoms with Crippen LogP contribution in [-0.2, 0) is 0 Å². The number of halogens is 1. The minimum absolute atomic E-state index is 0.593. The SMILES string of the molecule is CN1C2CC[C@@H]1[C@H](c1ccc(Cl)nc1)C2. The molecule has 3 rings (SSSR count). The zero-order chi connectivity index (χ0) is 10.4. The molecule has 0 N–H and O–H groups in total. The van der Waals surface area contributed by atoms with Crippen molar-refractivity contribution in [3.8, 4) is 0 Å². The zero-order valence-electron chi connectivity index (χ0n) is 8.86. The molecule has 0 aliphatic carbocycles. The lowest BCUT2D eigenvalue weighted by molar-refractivity contribution is 0.307. The van der Waals surface area contributed by atoms with Crippen LogP contribution < -0.4 is 0 Å². The third-order valence-corrected chi connectivity index (χ3v) is 4.29. The van der Waals surface area contributed by atoms with Gasteiger partial charge in [0.25, 0.3) is 0 Å². The van der Waals surface area contributed by atoms with Crippen molar-refractivity contribution in [1.29, 1.82) is 0 Å². The lowest BCUT2D eigenvalue weighted by Crippen LogP contribution is -2.25. The van der Waals surface area contributed by atoms with Crippen LogP contribution in [0.5, 0.6) is 0 Å². The highest BCUT2D eigenvalue weighted by atomic mass is 35.5. The van der Waals surface area contributed by atoms with Crippen LogP contribution in [0, 0.1) is 0 Å². The summed E-state index contributed by atoms with van der Waals surface area (Å²) < 4.78 is 0. The van der Waals surface area contributed by atoms with Gasteiger partial charge in [0.2, 0.25) is 0 Å². The van der Waals surface area contributed by atoms with Crippen LogP contribution in [0.3, 0.4) is 0 Å². The van der Waals surface area contributed by atoms with Gasteiger partial charge < -0.3 is 0 Å². The molecule has 3 atom stereocenters. The molecule has 2 aliphatic rings. The van der Waals surface area contributed by atoms with Crippen molar-refractivity contribution in [3.05, 3.63) is 29.0 Å². The van der Waals surface area contributed by atoms with Crippen LogP contribution in [-0.4, -0.2) is 29.0 Å². The first-order chi connectivity index (χ1) is 7.25. The van der Waals surface area contributed by atoms with E-state index in [1.807, 2.05) is 12.3 Å². The summed E-state index contributed by atoms with van der Waals surface area (Å²) in [6.07, 6.45) is 5.96. The summed E-state index contributed by atoms with van der Waals surface area (Å²) in [6.45, 7) is 0. The van der Waals surface area contributed by atoms with Crippen molar-refractivity contribution in [2.24, 2.45) is 0 Å². The molecule has 1 aromatic rings. The fourth-order valence-corrected chi connectivity index (χ4v) is 3.34. The number of likely N-dealkylation sites (N-methyl/N-ethyl adjacent to an activating group) is 1. The lowest BCUT2D eigenvalue weighted by atomic mass is 9.85. The van der Waals surface area contributed by atoms with Gasteiger partial charge in [0, 0.05) is 24.2 Å². The van der Waals surface area contributed by atoms with E-state index in [0.29, 0.717) is 11.1 Å². The highest BCUT2D eigenvalue weighted by Gasteiger charge is 2.44. The van der Waals surface area contributed by atoms with Gasteiger partial charge in [0.1, 0.15) is 5.15 Å². The number of pyridine rings is 1. The van der Waals surface area contributed by atoms with E-state index in [1.165, 1.54) is 24.8 Å². The molecule has 15 heavy (non-hydrogen) atoms. The summed E-state index contributed by atoms with van der Waals surface area (Å²) in [5.41, 5.74) is 1.36. The van der Waals surface area contributed by atoms with Crippen LogP contribution in [0.15, 0.2) is 18.3 Å². The lowest BCUT2D eigenvalue weighted by Gasteiger charge is -2.21. The smallest absolute Gasteiger partial charge is 0.129 e. The Bertz CT molecular complexity index is 362. The summed E-state index contributed by atoms with van der Waals surface area (Å²) in [5, 5.41) is 0.593. The number of hydrogen-bond acceptors (Lipinski definition) is 2. The maximum atomic E-state index is 5.80. The molecule has 3 heterocycles. The quantitative estimate of drug-likeness (QED) is 0.680. The van der Waals surface area contributed by atoms with Gasteiger partial charge in [-0.2, -0.15) is 0 Å². The molecule has 3 heteroatoms. The summed E-state index contributed by atoms with van der Waals surface area (Å²) >= 11 is 5.80. The summed E-state index contributed by atoms with van der Waals surface area (Å²) in [5.74, 6) is 0.679. The average molecular weight is 223 g/mol. The van der Waals surface area contributed by atoms with Crippen LogP contribution in [0.25, 0.3) is 0 Å². The Kier molecular flexibility index (Phi) is 2.22. The van der Waals surface area contributed by atoms with E-state index in [4.69, 9.17) is 11.6 Å². The fourth-order valence-electron chi connectivity index (χ4n) is 3.23. The van der Waals surface area contributed by atoms with Crippen molar-refractivity contribution in [1.82, 2.24) is 9.88 Å². The van der Waals surface area contributed by atoms with Crippen molar-refractivity contribution in [2.75, 3.05) is 7.05 Å². The Morgan fingerprint density at radius 3 is 2.80 bits per heavy atom. The van der Waals surface area contributed by atoms with Crippen molar-refractivity contribution in [3.63, 3.8) is 0 Å². The molecule has 2 fully saturated rings. The van der Waals surface area contributed by atoms with Gasteiger partial charge in [-0.25, -0.2) is 4.98 Å². The summed E-state index contributed by atoms with van der Waals surface area (Å²) in [6, 6.07) is 5.57. The van der Waals surface area contributed by atoms with Gasteiger partial charge in [-0.3, -0.25) is 4.90 Å². The molecule has 0 aromatic carbocycles. The first kappa shape index (κ1) is 9.61. The van der Waals surface area contributed by atoms with Crippen molar-refractivity contribution < 1.29 is 0 Å². The van der Waals surface area contributed by atoms with Crippen molar-refractivity contribution in [2.45, 2.75) is 37.3 Å². The Balaban J connectivity index is 1.87. The average Bonchev–Trinajstić information content (AvgIpc) is 2.75. The Labute approximate surface area is 95.3 Å². The monoisotopic (exact) mass is 222 g/mol. The molecule has 2 saturated heterocycles. The molecule has 2 bridgehead atoms. The van der Waals surface area contributed by atoms with Gasteiger partial charge in [-0.1, -0.05) is 17.7 Å². The number of aromatic nitrogens is 1. The van der Waals surface area contributed by atoms with E-state index in [0.717, 1.165) is 12.1 Å². The largest absolute Gasteiger partial charge is 0.300 e. The molecule has 0 saturated carbocycles. The normalized spacial score (nSPS) is 34.9. The molecule has 0 amide bonds.